The van der Waals surface area contributed by atoms with Gasteiger partial charge in [0, 0.05) is 5.71 Å². The summed E-state index contributed by atoms with van der Waals surface area (Å²) in [5.41, 5.74) is 1.77. The Kier molecular flexibility index (Phi) is 5.13. The Balaban J connectivity index is 2.87. The minimum Gasteiger partial charge on any atom is -0.255 e. The first-order valence-electron chi connectivity index (χ1n) is 5.13. The summed E-state index contributed by atoms with van der Waals surface area (Å²) in [5.74, 6) is 0. The molecule has 0 aliphatic carbocycles. The van der Waals surface area contributed by atoms with Crippen molar-refractivity contribution in [3.63, 3.8) is 0 Å². The molecule has 1 rings (SSSR count). The summed E-state index contributed by atoms with van der Waals surface area (Å²) in [6.45, 7) is 4.17. The maximum absolute atomic E-state index is 6.02. The minimum absolute atomic E-state index is 0.610. The SMILES string of the molecule is CCCCC(C)=Nc1c(Cl)cccc1Cl. The number of para-hydroxylation sites is 1. The fraction of sp³-hybridized carbons (Fsp3) is 0.417. The quantitative estimate of drug-likeness (QED) is 0.639. The Labute approximate surface area is 101 Å². The van der Waals surface area contributed by atoms with Crippen molar-refractivity contribution in [1.82, 2.24) is 0 Å². The van der Waals surface area contributed by atoms with E-state index in [0.29, 0.717) is 15.7 Å². The molecular formula is C12H15Cl2N. The lowest BCUT2D eigenvalue weighted by Crippen LogP contribution is -1.90. The third-order valence-electron chi connectivity index (χ3n) is 2.13. The van der Waals surface area contributed by atoms with Crippen LogP contribution in [0.4, 0.5) is 5.69 Å². The van der Waals surface area contributed by atoms with Gasteiger partial charge < -0.3 is 0 Å². The lowest BCUT2D eigenvalue weighted by atomic mass is 10.2. The van der Waals surface area contributed by atoms with E-state index >= 15 is 0 Å². The van der Waals surface area contributed by atoms with Crippen molar-refractivity contribution >= 4 is 34.6 Å². The monoisotopic (exact) mass is 243 g/mol. The van der Waals surface area contributed by atoms with Gasteiger partial charge in [-0.15, -0.1) is 0 Å². The topological polar surface area (TPSA) is 12.4 Å². The number of halogens is 2. The molecule has 0 radical (unpaired) electrons. The van der Waals surface area contributed by atoms with Crippen LogP contribution in [0.1, 0.15) is 33.1 Å². The summed E-state index contributed by atoms with van der Waals surface area (Å²) in [7, 11) is 0. The molecule has 0 saturated carbocycles. The molecule has 0 spiro atoms. The van der Waals surface area contributed by atoms with E-state index in [1.807, 2.05) is 13.0 Å². The lowest BCUT2D eigenvalue weighted by Gasteiger charge is -2.03. The first kappa shape index (κ1) is 12.5. The normalized spacial score (nSPS) is 11.9. The van der Waals surface area contributed by atoms with E-state index in [2.05, 4.69) is 11.9 Å². The molecule has 3 heteroatoms. The zero-order valence-electron chi connectivity index (χ0n) is 9.06. The number of nitrogens with zero attached hydrogens (tertiary/aromatic N) is 1. The number of hydrogen-bond acceptors (Lipinski definition) is 1. The molecule has 1 aromatic carbocycles. The van der Waals surface area contributed by atoms with Crippen LogP contribution in [-0.2, 0) is 0 Å². The second-order valence-electron chi connectivity index (χ2n) is 3.52. The average Bonchev–Trinajstić information content (AvgIpc) is 2.21. The van der Waals surface area contributed by atoms with Crippen molar-refractivity contribution in [3.05, 3.63) is 28.2 Å². The second kappa shape index (κ2) is 6.14. The molecule has 0 fully saturated rings. The van der Waals surface area contributed by atoms with Crippen LogP contribution in [0.5, 0.6) is 0 Å². The van der Waals surface area contributed by atoms with Crippen LogP contribution in [0.3, 0.4) is 0 Å². The molecule has 1 nitrogen and oxygen atoms in total. The zero-order chi connectivity index (χ0) is 11.3. The number of rotatable bonds is 4. The Morgan fingerprint density at radius 2 is 1.87 bits per heavy atom. The molecule has 0 saturated heterocycles. The highest BCUT2D eigenvalue weighted by molar-refractivity contribution is 6.38. The maximum Gasteiger partial charge on any atom is 0.100 e. The molecule has 0 amide bonds. The van der Waals surface area contributed by atoms with Gasteiger partial charge in [0.05, 0.1) is 10.0 Å². The van der Waals surface area contributed by atoms with E-state index in [1.54, 1.807) is 12.1 Å². The number of benzene rings is 1. The van der Waals surface area contributed by atoms with Crippen LogP contribution in [0.25, 0.3) is 0 Å². The van der Waals surface area contributed by atoms with Crippen molar-refractivity contribution in [2.45, 2.75) is 33.1 Å². The summed E-state index contributed by atoms with van der Waals surface area (Å²) in [4.78, 5) is 4.45. The Bertz CT molecular complexity index is 338. The molecule has 0 aromatic heterocycles. The first-order valence-corrected chi connectivity index (χ1v) is 5.89. The van der Waals surface area contributed by atoms with E-state index in [1.165, 1.54) is 6.42 Å². The summed E-state index contributed by atoms with van der Waals surface area (Å²) in [6.07, 6.45) is 3.32. The molecule has 0 unspecified atom stereocenters. The number of unbranched alkanes of at least 4 members (excludes halogenated alkanes) is 1. The average molecular weight is 244 g/mol. The van der Waals surface area contributed by atoms with E-state index < -0.39 is 0 Å². The van der Waals surface area contributed by atoms with Gasteiger partial charge in [0.2, 0.25) is 0 Å². The van der Waals surface area contributed by atoms with Crippen molar-refractivity contribution in [3.8, 4) is 0 Å². The van der Waals surface area contributed by atoms with Crippen LogP contribution in [0.15, 0.2) is 23.2 Å². The highest BCUT2D eigenvalue weighted by Crippen LogP contribution is 2.32. The Hall–Kier alpha value is -0.530. The van der Waals surface area contributed by atoms with Crippen LogP contribution in [-0.4, -0.2) is 5.71 Å². The fourth-order valence-corrected chi connectivity index (χ4v) is 1.76. The van der Waals surface area contributed by atoms with E-state index in [9.17, 15) is 0 Å². The second-order valence-corrected chi connectivity index (χ2v) is 4.34. The van der Waals surface area contributed by atoms with Crippen molar-refractivity contribution in [2.24, 2.45) is 4.99 Å². The number of aliphatic imine (C=N–C) groups is 1. The smallest absolute Gasteiger partial charge is 0.100 e. The van der Waals surface area contributed by atoms with Crippen LogP contribution >= 0.6 is 23.2 Å². The molecule has 1 aromatic rings. The standard InChI is InChI=1S/C12H15Cl2N/c1-3-4-6-9(2)15-12-10(13)7-5-8-11(12)14/h5,7-8H,3-4,6H2,1-2H3. The molecule has 0 N–H and O–H groups in total. The van der Waals surface area contributed by atoms with Gasteiger partial charge in [-0.25, -0.2) is 0 Å². The highest BCUT2D eigenvalue weighted by atomic mass is 35.5. The predicted molar refractivity (Wildman–Crippen MR) is 68.8 cm³/mol. The number of hydrogen-bond donors (Lipinski definition) is 0. The van der Waals surface area contributed by atoms with Crippen LogP contribution < -0.4 is 0 Å². The van der Waals surface area contributed by atoms with Crippen LogP contribution in [0, 0.1) is 0 Å². The summed E-state index contributed by atoms with van der Waals surface area (Å²) in [5, 5.41) is 1.22. The van der Waals surface area contributed by atoms with E-state index in [-0.39, 0.29) is 0 Å². The van der Waals surface area contributed by atoms with Crippen molar-refractivity contribution in [2.75, 3.05) is 0 Å². The first-order chi connectivity index (χ1) is 7.15. The van der Waals surface area contributed by atoms with Gasteiger partial charge in [-0.1, -0.05) is 42.6 Å². The molecule has 82 valence electrons. The largest absolute Gasteiger partial charge is 0.255 e. The third-order valence-corrected chi connectivity index (χ3v) is 2.74. The van der Waals surface area contributed by atoms with Gasteiger partial charge in [-0.2, -0.15) is 0 Å². The van der Waals surface area contributed by atoms with Gasteiger partial charge in [-0.05, 0) is 31.9 Å². The molecule has 0 aliphatic rings. The van der Waals surface area contributed by atoms with Crippen LogP contribution in [0.2, 0.25) is 10.0 Å². The highest BCUT2D eigenvalue weighted by Gasteiger charge is 2.03. The van der Waals surface area contributed by atoms with Gasteiger partial charge in [0.25, 0.3) is 0 Å². The minimum atomic E-state index is 0.610. The van der Waals surface area contributed by atoms with Gasteiger partial charge in [0.15, 0.2) is 0 Å². The molecule has 0 aliphatic heterocycles. The molecule has 0 heterocycles. The fourth-order valence-electron chi connectivity index (χ4n) is 1.28. The van der Waals surface area contributed by atoms with Gasteiger partial charge >= 0.3 is 0 Å². The van der Waals surface area contributed by atoms with E-state index in [4.69, 9.17) is 23.2 Å². The van der Waals surface area contributed by atoms with Gasteiger partial charge in [-0.3, -0.25) is 4.99 Å². The Morgan fingerprint density at radius 1 is 1.27 bits per heavy atom. The summed E-state index contributed by atoms with van der Waals surface area (Å²) in [6, 6.07) is 5.43. The van der Waals surface area contributed by atoms with Gasteiger partial charge in [0.1, 0.15) is 5.69 Å². The summed E-state index contributed by atoms with van der Waals surface area (Å²) < 4.78 is 0. The van der Waals surface area contributed by atoms with Crippen molar-refractivity contribution < 1.29 is 0 Å². The molecule has 0 atom stereocenters. The zero-order valence-corrected chi connectivity index (χ0v) is 10.6. The molecule has 15 heavy (non-hydrogen) atoms. The Morgan fingerprint density at radius 3 is 2.40 bits per heavy atom. The lowest BCUT2D eigenvalue weighted by molar-refractivity contribution is 0.833. The predicted octanol–water partition coefficient (Wildman–Crippen LogP) is 5.28. The maximum atomic E-state index is 6.02. The van der Waals surface area contributed by atoms with Crippen molar-refractivity contribution in [1.29, 1.82) is 0 Å². The molecular weight excluding hydrogens is 229 g/mol. The molecule has 0 bridgehead atoms. The van der Waals surface area contributed by atoms with E-state index in [0.717, 1.165) is 18.6 Å². The third kappa shape index (κ3) is 3.84. The summed E-state index contributed by atoms with van der Waals surface area (Å²) >= 11 is 12.0.